The fourth-order valence-corrected chi connectivity index (χ4v) is 3.29. The van der Waals surface area contributed by atoms with Crippen LogP contribution in [0.3, 0.4) is 0 Å². The summed E-state index contributed by atoms with van der Waals surface area (Å²) in [6.45, 7) is 0. The van der Waals surface area contributed by atoms with Crippen LogP contribution in [0.2, 0.25) is 0 Å². The molecule has 0 radical (unpaired) electrons. The highest BCUT2D eigenvalue weighted by Gasteiger charge is 2.16. The van der Waals surface area contributed by atoms with E-state index in [9.17, 15) is 0 Å². The molecule has 0 saturated heterocycles. The lowest BCUT2D eigenvalue weighted by atomic mass is 10.2. The fraction of sp³-hybridized carbons (Fsp3) is 0. The van der Waals surface area contributed by atoms with Gasteiger partial charge >= 0.3 is 0 Å². The molecule has 0 bridgehead atoms. The molecule has 4 rings (SSSR count). The van der Waals surface area contributed by atoms with Crippen LogP contribution < -0.4 is 5.73 Å². The number of hydrogen-bond donors (Lipinski definition) is 1. The van der Waals surface area contributed by atoms with Gasteiger partial charge in [-0.1, -0.05) is 36.4 Å². The Kier molecular flexibility index (Phi) is 2.72. The Morgan fingerprint density at radius 2 is 1.81 bits per heavy atom. The van der Waals surface area contributed by atoms with Crippen molar-refractivity contribution in [2.75, 3.05) is 5.73 Å². The van der Waals surface area contributed by atoms with Gasteiger partial charge in [-0.25, -0.2) is 4.98 Å². The number of pyridine rings is 1. The number of nitrogen functional groups attached to an aromatic ring is 1. The molecule has 0 fully saturated rings. The van der Waals surface area contributed by atoms with Crippen LogP contribution in [0.1, 0.15) is 0 Å². The van der Waals surface area contributed by atoms with Gasteiger partial charge in [0.2, 0.25) is 0 Å². The Morgan fingerprint density at radius 3 is 2.57 bits per heavy atom. The van der Waals surface area contributed by atoms with Crippen molar-refractivity contribution in [1.82, 2.24) is 14.4 Å². The van der Waals surface area contributed by atoms with E-state index in [1.807, 2.05) is 40.8 Å². The largest absolute Gasteiger partial charge is 0.383 e. The average molecular weight is 292 g/mol. The van der Waals surface area contributed by atoms with Crippen molar-refractivity contribution in [3.8, 4) is 22.6 Å². The van der Waals surface area contributed by atoms with Gasteiger partial charge in [0.25, 0.3) is 0 Å². The van der Waals surface area contributed by atoms with Gasteiger partial charge in [-0.2, -0.15) is 0 Å². The third kappa shape index (κ3) is 1.90. The van der Waals surface area contributed by atoms with E-state index >= 15 is 0 Å². The predicted octanol–water partition coefficient (Wildman–Crippen LogP) is 3.71. The van der Waals surface area contributed by atoms with Crippen LogP contribution in [0, 0.1) is 0 Å². The van der Waals surface area contributed by atoms with E-state index in [-0.39, 0.29) is 0 Å². The second-order valence-electron chi connectivity index (χ2n) is 4.67. The van der Waals surface area contributed by atoms with E-state index in [1.165, 1.54) is 0 Å². The first-order valence-corrected chi connectivity index (χ1v) is 7.45. The summed E-state index contributed by atoms with van der Waals surface area (Å²) in [5.41, 5.74) is 10.0. The highest BCUT2D eigenvalue weighted by atomic mass is 32.1. The second kappa shape index (κ2) is 4.71. The van der Waals surface area contributed by atoms with Crippen LogP contribution >= 0.6 is 11.3 Å². The van der Waals surface area contributed by atoms with Gasteiger partial charge in [-0.05, 0) is 17.7 Å². The number of nitrogens with zero attached hydrogens (tertiary/aromatic N) is 3. The molecule has 0 unspecified atom stereocenters. The van der Waals surface area contributed by atoms with Gasteiger partial charge in [0, 0.05) is 11.6 Å². The summed E-state index contributed by atoms with van der Waals surface area (Å²) < 4.78 is 1.99. The van der Waals surface area contributed by atoms with Gasteiger partial charge in [0.05, 0.1) is 11.4 Å². The minimum Gasteiger partial charge on any atom is -0.383 e. The van der Waals surface area contributed by atoms with Crippen molar-refractivity contribution < 1.29 is 0 Å². The molecular formula is C16H12N4S. The highest BCUT2D eigenvalue weighted by molar-refractivity contribution is 7.15. The molecule has 0 aliphatic rings. The molecule has 0 saturated carbocycles. The summed E-state index contributed by atoms with van der Waals surface area (Å²) >= 11 is 1.58. The standard InChI is InChI=1S/C16H12N4S/c17-15-14(12-8-4-5-9-18-12)19-16-20(15)13(10-21-16)11-6-2-1-3-7-11/h1-10H,17H2. The number of rotatable bonds is 2. The maximum Gasteiger partial charge on any atom is 0.196 e. The van der Waals surface area contributed by atoms with Crippen LogP contribution in [-0.2, 0) is 0 Å². The quantitative estimate of drug-likeness (QED) is 0.613. The number of benzene rings is 1. The Hall–Kier alpha value is -2.66. The summed E-state index contributed by atoms with van der Waals surface area (Å²) in [5, 5.41) is 2.08. The molecule has 3 heterocycles. The van der Waals surface area contributed by atoms with Crippen LogP contribution in [0.5, 0.6) is 0 Å². The zero-order chi connectivity index (χ0) is 14.2. The van der Waals surface area contributed by atoms with E-state index in [4.69, 9.17) is 5.73 Å². The van der Waals surface area contributed by atoms with Gasteiger partial charge in [0.15, 0.2) is 4.96 Å². The van der Waals surface area contributed by atoms with Crippen molar-refractivity contribution in [1.29, 1.82) is 0 Å². The molecule has 21 heavy (non-hydrogen) atoms. The zero-order valence-electron chi connectivity index (χ0n) is 11.1. The van der Waals surface area contributed by atoms with Gasteiger partial charge in [-0.15, -0.1) is 11.3 Å². The Labute approximate surface area is 125 Å². The maximum atomic E-state index is 6.32. The van der Waals surface area contributed by atoms with Gasteiger partial charge < -0.3 is 5.73 Å². The third-order valence-electron chi connectivity index (χ3n) is 3.38. The van der Waals surface area contributed by atoms with Crippen LogP contribution in [-0.4, -0.2) is 14.4 Å². The number of thiazole rings is 1. The monoisotopic (exact) mass is 292 g/mol. The number of fused-ring (bicyclic) bond motifs is 1. The number of hydrogen-bond acceptors (Lipinski definition) is 4. The first kappa shape index (κ1) is 12.1. The van der Waals surface area contributed by atoms with E-state index in [1.54, 1.807) is 17.5 Å². The summed E-state index contributed by atoms with van der Waals surface area (Å²) in [6, 6.07) is 15.9. The maximum absolute atomic E-state index is 6.32. The highest BCUT2D eigenvalue weighted by Crippen LogP contribution is 2.33. The molecule has 0 aliphatic carbocycles. The van der Waals surface area contributed by atoms with E-state index in [0.29, 0.717) is 5.82 Å². The third-order valence-corrected chi connectivity index (χ3v) is 4.20. The second-order valence-corrected chi connectivity index (χ2v) is 5.50. The molecule has 5 heteroatoms. The summed E-state index contributed by atoms with van der Waals surface area (Å²) in [4.78, 5) is 9.84. The summed E-state index contributed by atoms with van der Waals surface area (Å²) in [6.07, 6.45) is 1.75. The number of anilines is 1. The smallest absolute Gasteiger partial charge is 0.196 e. The van der Waals surface area contributed by atoms with Crippen molar-refractivity contribution >= 4 is 22.1 Å². The fourth-order valence-electron chi connectivity index (χ4n) is 2.38. The van der Waals surface area contributed by atoms with Crippen LogP contribution in [0.15, 0.2) is 60.1 Å². The Balaban J connectivity index is 1.95. The lowest BCUT2D eigenvalue weighted by molar-refractivity contribution is 1.24. The van der Waals surface area contributed by atoms with E-state index in [0.717, 1.165) is 27.6 Å². The molecular weight excluding hydrogens is 280 g/mol. The lowest BCUT2D eigenvalue weighted by Crippen LogP contribution is -1.96. The molecule has 0 amide bonds. The topological polar surface area (TPSA) is 56.2 Å². The normalized spacial score (nSPS) is 11.0. The van der Waals surface area contributed by atoms with Gasteiger partial charge in [-0.3, -0.25) is 9.38 Å². The Bertz CT molecular complexity index is 894. The van der Waals surface area contributed by atoms with Crippen LogP contribution in [0.4, 0.5) is 5.82 Å². The molecule has 0 aliphatic heterocycles. The first-order valence-electron chi connectivity index (χ1n) is 6.57. The molecule has 3 aromatic heterocycles. The summed E-state index contributed by atoms with van der Waals surface area (Å²) in [7, 11) is 0. The lowest BCUT2D eigenvalue weighted by Gasteiger charge is -2.02. The van der Waals surface area contributed by atoms with Crippen LogP contribution in [0.25, 0.3) is 27.6 Å². The minimum atomic E-state index is 0.629. The SMILES string of the molecule is Nc1c(-c2ccccn2)nc2scc(-c3ccccc3)n12. The minimum absolute atomic E-state index is 0.629. The van der Waals surface area contributed by atoms with Crippen molar-refractivity contribution in [2.45, 2.75) is 0 Å². The average Bonchev–Trinajstić information content (AvgIpc) is 3.10. The van der Waals surface area contributed by atoms with Crippen molar-refractivity contribution in [3.63, 3.8) is 0 Å². The molecule has 4 aromatic rings. The van der Waals surface area contributed by atoms with Crippen molar-refractivity contribution in [2.24, 2.45) is 0 Å². The molecule has 2 N–H and O–H groups in total. The van der Waals surface area contributed by atoms with E-state index < -0.39 is 0 Å². The predicted molar refractivity (Wildman–Crippen MR) is 86.1 cm³/mol. The molecule has 0 atom stereocenters. The first-order chi connectivity index (χ1) is 10.3. The molecule has 102 valence electrons. The summed E-state index contributed by atoms with van der Waals surface area (Å²) in [5.74, 6) is 0.629. The zero-order valence-corrected chi connectivity index (χ0v) is 11.9. The Morgan fingerprint density at radius 1 is 1.00 bits per heavy atom. The van der Waals surface area contributed by atoms with Crippen molar-refractivity contribution in [3.05, 3.63) is 60.1 Å². The number of nitrogens with two attached hydrogens (primary N) is 1. The number of imidazole rings is 1. The van der Waals surface area contributed by atoms with E-state index in [2.05, 4.69) is 27.5 Å². The molecule has 4 nitrogen and oxygen atoms in total. The number of aromatic nitrogens is 3. The molecule has 0 spiro atoms. The van der Waals surface area contributed by atoms with Gasteiger partial charge in [0.1, 0.15) is 11.5 Å². The molecule has 1 aromatic carbocycles.